The van der Waals surface area contributed by atoms with Crippen molar-refractivity contribution in [1.82, 2.24) is 10.2 Å². The molecule has 1 aromatic heterocycles. The van der Waals surface area contributed by atoms with Crippen molar-refractivity contribution in [1.29, 1.82) is 0 Å². The van der Waals surface area contributed by atoms with Crippen LogP contribution in [0.2, 0.25) is 0 Å². The van der Waals surface area contributed by atoms with Gasteiger partial charge in [-0.25, -0.2) is 0 Å². The number of nitro benzene ring substituents is 2. The molecule has 0 amide bonds. The lowest BCUT2D eigenvalue weighted by Crippen LogP contribution is -2.12. The number of nitrogens with one attached hydrogen (secondary N) is 2. The van der Waals surface area contributed by atoms with E-state index in [1.807, 2.05) is 42.5 Å². The molecule has 0 radical (unpaired) electrons. The predicted molar refractivity (Wildman–Crippen MR) is 111 cm³/mol. The van der Waals surface area contributed by atoms with Crippen LogP contribution in [-0.2, 0) is 0 Å². The lowest BCUT2D eigenvalue weighted by atomic mass is 9.87. The number of H-pyrrole nitrogens is 1. The Morgan fingerprint density at radius 2 is 1.67 bits per heavy atom. The highest BCUT2D eigenvalue weighted by molar-refractivity contribution is 6.27. The molecular formula is C20H12N6O4. The molecule has 0 spiro atoms. The molecule has 4 aromatic rings. The quantitative estimate of drug-likeness (QED) is 0.342. The van der Waals surface area contributed by atoms with Gasteiger partial charge in [0.1, 0.15) is 11.4 Å². The molecule has 0 bridgehead atoms. The number of hydrogen-bond donors (Lipinski definition) is 2. The van der Waals surface area contributed by atoms with Crippen molar-refractivity contribution in [2.45, 2.75) is 0 Å². The highest BCUT2D eigenvalue weighted by Crippen LogP contribution is 2.38. The molecule has 2 N–H and O–H groups in total. The normalized spacial score (nSPS) is 13.3. The first-order chi connectivity index (χ1) is 14.5. The molecular weight excluding hydrogens is 388 g/mol. The van der Waals surface area contributed by atoms with Gasteiger partial charge in [0.2, 0.25) is 0 Å². The van der Waals surface area contributed by atoms with Crippen molar-refractivity contribution in [3.8, 4) is 11.3 Å². The highest BCUT2D eigenvalue weighted by atomic mass is 16.6. The summed E-state index contributed by atoms with van der Waals surface area (Å²) in [5, 5.41) is 35.2. The van der Waals surface area contributed by atoms with Gasteiger partial charge < -0.3 is 0 Å². The third-order valence-electron chi connectivity index (χ3n) is 4.96. The third kappa shape index (κ3) is 2.58. The largest absolute Gasteiger partial charge is 0.301 e. The van der Waals surface area contributed by atoms with Crippen LogP contribution in [0.5, 0.6) is 0 Å². The summed E-state index contributed by atoms with van der Waals surface area (Å²) in [6.45, 7) is 0. The molecule has 10 nitrogen and oxygen atoms in total. The Balaban J connectivity index is 1.67. The van der Waals surface area contributed by atoms with E-state index in [2.05, 4.69) is 20.7 Å². The molecule has 1 heterocycles. The summed E-state index contributed by atoms with van der Waals surface area (Å²) >= 11 is 0. The summed E-state index contributed by atoms with van der Waals surface area (Å²) < 4.78 is 0. The summed E-state index contributed by atoms with van der Waals surface area (Å²) in [4.78, 5) is 21.0. The smallest absolute Gasteiger partial charge is 0.277 e. The number of fused-ring (bicyclic) bond motifs is 2. The zero-order valence-corrected chi connectivity index (χ0v) is 15.2. The van der Waals surface area contributed by atoms with Crippen LogP contribution in [0.4, 0.5) is 17.1 Å². The number of non-ortho nitro benzene ring substituents is 1. The Bertz CT molecular complexity index is 1390. The molecule has 10 heteroatoms. The number of benzene rings is 3. The first kappa shape index (κ1) is 17.5. The zero-order valence-electron chi connectivity index (χ0n) is 15.2. The second-order valence-corrected chi connectivity index (χ2v) is 6.63. The molecule has 3 aromatic carbocycles. The SMILES string of the molecule is O=[N+]([O-])c1ccc(NN=C2c3ccccc3-c3n[nH]c4cccc2c34)c([N+](=O)[O-])c1. The average Bonchev–Trinajstić information content (AvgIpc) is 3.19. The number of aromatic amines is 1. The molecule has 0 fully saturated rings. The minimum Gasteiger partial charge on any atom is -0.277 e. The van der Waals surface area contributed by atoms with Crippen LogP contribution in [0.15, 0.2) is 65.8 Å². The Hall–Kier alpha value is -4.60. The second-order valence-electron chi connectivity index (χ2n) is 6.63. The van der Waals surface area contributed by atoms with Crippen LogP contribution in [0.3, 0.4) is 0 Å². The number of rotatable bonds is 4. The molecule has 146 valence electrons. The van der Waals surface area contributed by atoms with Gasteiger partial charge in [0.15, 0.2) is 0 Å². The van der Waals surface area contributed by atoms with Crippen molar-refractivity contribution >= 4 is 33.7 Å². The van der Waals surface area contributed by atoms with E-state index in [-0.39, 0.29) is 11.4 Å². The predicted octanol–water partition coefficient (Wildman–Crippen LogP) is 4.22. The standard InChI is InChI=1S/C20H12N6O4/c27-25(28)11-8-9-15(17(10-11)26(29)30)21-23-19-12-4-1-2-5-13(12)20-18-14(19)6-3-7-16(18)22-24-20/h1-10,21H,(H,22,24). The molecule has 0 unspecified atom stereocenters. The molecule has 0 saturated carbocycles. The summed E-state index contributed by atoms with van der Waals surface area (Å²) in [6, 6.07) is 16.7. The van der Waals surface area contributed by atoms with E-state index in [0.717, 1.165) is 39.4 Å². The van der Waals surface area contributed by atoms with Gasteiger partial charge in [-0.2, -0.15) is 10.2 Å². The number of nitro groups is 2. The summed E-state index contributed by atoms with van der Waals surface area (Å²) in [5.74, 6) is 0. The molecule has 1 aliphatic carbocycles. The summed E-state index contributed by atoms with van der Waals surface area (Å²) in [6.07, 6.45) is 0. The summed E-state index contributed by atoms with van der Waals surface area (Å²) in [7, 11) is 0. The fourth-order valence-electron chi connectivity index (χ4n) is 3.62. The van der Waals surface area contributed by atoms with E-state index in [4.69, 9.17) is 0 Å². The Morgan fingerprint density at radius 3 is 2.43 bits per heavy atom. The van der Waals surface area contributed by atoms with E-state index >= 15 is 0 Å². The second kappa shape index (κ2) is 6.48. The van der Waals surface area contributed by atoms with Crippen molar-refractivity contribution < 1.29 is 9.85 Å². The molecule has 0 aliphatic heterocycles. The van der Waals surface area contributed by atoms with Crippen molar-refractivity contribution in [2.24, 2.45) is 5.10 Å². The first-order valence-corrected chi connectivity index (χ1v) is 8.88. The van der Waals surface area contributed by atoms with Crippen LogP contribution in [0.25, 0.3) is 22.2 Å². The van der Waals surface area contributed by atoms with Crippen LogP contribution >= 0.6 is 0 Å². The van der Waals surface area contributed by atoms with Gasteiger partial charge in [0.05, 0.1) is 27.1 Å². The van der Waals surface area contributed by atoms with Gasteiger partial charge in [-0.15, -0.1) is 0 Å². The third-order valence-corrected chi connectivity index (χ3v) is 4.96. The van der Waals surface area contributed by atoms with E-state index in [0.29, 0.717) is 5.71 Å². The Kier molecular flexibility index (Phi) is 3.78. The van der Waals surface area contributed by atoms with Gasteiger partial charge in [0.25, 0.3) is 5.69 Å². The first-order valence-electron chi connectivity index (χ1n) is 8.88. The highest BCUT2D eigenvalue weighted by Gasteiger charge is 2.26. The van der Waals surface area contributed by atoms with Crippen LogP contribution in [0, 0.1) is 20.2 Å². The fourth-order valence-corrected chi connectivity index (χ4v) is 3.62. The van der Waals surface area contributed by atoms with Crippen LogP contribution in [-0.4, -0.2) is 25.8 Å². The van der Waals surface area contributed by atoms with E-state index < -0.39 is 15.5 Å². The van der Waals surface area contributed by atoms with Gasteiger partial charge in [-0.3, -0.25) is 30.8 Å². The summed E-state index contributed by atoms with van der Waals surface area (Å²) in [5.41, 5.74) is 6.79. The van der Waals surface area contributed by atoms with Crippen LogP contribution < -0.4 is 5.43 Å². The maximum absolute atomic E-state index is 11.4. The van der Waals surface area contributed by atoms with Crippen molar-refractivity contribution in [2.75, 3.05) is 5.43 Å². The number of hydrogen-bond acceptors (Lipinski definition) is 7. The van der Waals surface area contributed by atoms with E-state index in [9.17, 15) is 20.2 Å². The molecule has 30 heavy (non-hydrogen) atoms. The Labute approximate surface area is 168 Å². The van der Waals surface area contributed by atoms with Crippen LogP contribution in [0.1, 0.15) is 11.1 Å². The molecule has 5 rings (SSSR count). The maximum Gasteiger partial charge on any atom is 0.301 e. The van der Waals surface area contributed by atoms with Crippen molar-refractivity contribution in [3.05, 3.63) is 92.0 Å². The lowest BCUT2D eigenvalue weighted by molar-refractivity contribution is -0.393. The van der Waals surface area contributed by atoms with E-state index in [1.165, 1.54) is 12.1 Å². The topological polar surface area (TPSA) is 139 Å². The average molecular weight is 400 g/mol. The lowest BCUT2D eigenvalue weighted by Gasteiger charge is -2.18. The van der Waals surface area contributed by atoms with Gasteiger partial charge in [0, 0.05) is 28.1 Å². The number of aromatic nitrogens is 2. The zero-order chi connectivity index (χ0) is 20.8. The Morgan fingerprint density at radius 1 is 0.900 bits per heavy atom. The van der Waals surface area contributed by atoms with E-state index in [1.54, 1.807) is 0 Å². The number of nitrogens with zero attached hydrogens (tertiary/aromatic N) is 4. The van der Waals surface area contributed by atoms with Gasteiger partial charge >= 0.3 is 5.69 Å². The maximum atomic E-state index is 11.4. The van der Waals surface area contributed by atoms with Gasteiger partial charge in [-0.1, -0.05) is 36.4 Å². The fraction of sp³-hybridized carbons (Fsp3) is 0. The van der Waals surface area contributed by atoms with Gasteiger partial charge in [-0.05, 0) is 12.1 Å². The minimum atomic E-state index is -0.681. The number of anilines is 1. The monoisotopic (exact) mass is 400 g/mol. The minimum absolute atomic E-state index is 0.0562. The molecule has 1 aliphatic rings. The number of hydrazone groups is 1. The molecule has 0 saturated heterocycles. The molecule has 0 atom stereocenters. The van der Waals surface area contributed by atoms with Crippen molar-refractivity contribution in [3.63, 3.8) is 0 Å².